The molecule has 2 N–H and O–H groups in total. The van der Waals surface area contributed by atoms with Crippen LogP contribution in [0.2, 0.25) is 0 Å². The van der Waals surface area contributed by atoms with E-state index in [1.165, 1.54) is 0 Å². The molecule has 1 aromatic rings. The number of carbonyl (C=O) groups is 1. The molecule has 1 amide bonds. The molecule has 0 bridgehead atoms. The third-order valence-corrected chi connectivity index (χ3v) is 4.06. The van der Waals surface area contributed by atoms with E-state index in [0.717, 1.165) is 19.3 Å². The van der Waals surface area contributed by atoms with Gasteiger partial charge in [-0.05, 0) is 46.1 Å². The smallest absolute Gasteiger partial charge is 0.407 e. The van der Waals surface area contributed by atoms with Crippen molar-refractivity contribution in [3.05, 3.63) is 22.4 Å². The summed E-state index contributed by atoms with van der Waals surface area (Å²) in [5, 5.41) is 17.2. The molecule has 0 aliphatic carbocycles. The van der Waals surface area contributed by atoms with E-state index in [0.29, 0.717) is 18.8 Å². The summed E-state index contributed by atoms with van der Waals surface area (Å²) in [5.74, 6) is 0.230. The van der Waals surface area contributed by atoms with Crippen LogP contribution in [0, 0.1) is 10.1 Å². The quantitative estimate of drug-likeness (QED) is 0.623. The first-order valence-electron chi connectivity index (χ1n) is 8.77. The van der Waals surface area contributed by atoms with E-state index in [2.05, 4.69) is 15.6 Å². The normalized spacial score (nSPS) is 18.0. The molecular formula is C17H27N5O4. The minimum atomic E-state index is -0.569. The minimum absolute atomic E-state index is 0.0482. The topological polar surface area (TPSA) is 110 Å². The second-order valence-electron chi connectivity index (χ2n) is 7.32. The van der Waals surface area contributed by atoms with Crippen molar-refractivity contribution >= 4 is 23.3 Å². The number of pyridine rings is 1. The zero-order valence-corrected chi connectivity index (χ0v) is 15.7. The van der Waals surface area contributed by atoms with Crippen LogP contribution >= 0.6 is 0 Å². The lowest BCUT2D eigenvalue weighted by Crippen LogP contribution is -2.44. The first-order chi connectivity index (χ1) is 12.2. The van der Waals surface area contributed by atoms with Gasteiger partial charge in [0.2, 0.25) is 5.82 Å². The fraction of sp³-hybridized carbons (Fsp3) is 0.647. The lowest BCUT2D eigenvalue weighted by atomic mass is 10.1. The Morgan fingerprint density at radius 2 is 2.15 bits per heavy atom. The molecule has 2 rings (SSSR count). The number of amides is 1. The number of hydrogen-bond acceptors (Lipinski definition) is 7. The molecule has 26 heavy (non-hydrogen) atoms. The Balaban J connectivity index is 2.20. The van der Waals surface area contributed by atoms with Gasteiger partial charge < -0.3 is 20.3 Å². The van der Waals surface area contributed by atoms with Crippen molar-refractivity contribution in [2.24, 2.45) is 0 Å². The molecule has 2 heterocycles. The number of alkyl carbamates (subject to hydrolysis) is 1. The molecule has 9 heteroatoms. The molecule has 1 aliphatic heterocycles. The maximum absolute atomic E-state index is 12.1. The summed E-state index contributed by atoms with van der Waals surface area (Å²) in [7, 11) is 1.61. The average molecular weight is 365 g/mol. The summed E-state index contributed by atoms with van der Waals surface area (Å²) >= 11 is 0. The number of rotatable bonds is 4. The summed E-state index contributed by atoms with van der Waals surface area (Å²) in [6.45, 7) is 6.59. The van der Waals surface area contributed by atoms with E-state index in [1.54, 1.807) is 19.3 Å². The fourth-order valence-electron chi connectivity index (χ4n) is 3.01. The predicted octanol–water partition coefficient (Wildman–Crippen LogP) is 2.92. The largest absolute Gasteiger partial charge is 0.444 e. The van der Waals surface area contributed by atoms with E-state index < -0.39 is 16.6 Å². The van der Waals surface area contributed by atoms with Crippen molar-refractivity contribution in [2.75, 3.05) is 30.4 Å². The highest BCUT2D eigenvalue weighted by Gasteiger charge is 2.28. The maximum atomic E-state index is 12.1. The molecule has 1 unspecified atom stereocenters. The fourth-order valence-corrected chi connectivity index (χ4v) is 3.01. The molecule has 0 saturated carbocycles. The van der Waals surface area contributed by atoms with Crippen molar-refractivity contribution in [3.63, 3.8) is 0 Å². The van der Waals surface area contributed by atoms with E-state index in [1.807, 2.05) is 25.7 Å². The lowest BCUT2D eigenvalue weighted by molar-refractivity contribution is -0.383. The molecule has 144 valence electrons. The summed E-state index contributed by atoms with van der Waals surface area (Å²) in [4.78, 5) is 29.2. The highest BCUT2D eigenvalue weighted by atomic mass is 16.6. The van der Waals surface area contributed by atoms with Gasteiger partial charge in [-0.1, -0.05) is 0 Å². The SMILES string of the molecule is CNc1nccc(N2CCCCC(NC(=O)OC(C)(C)C)C2)c1[N+](=O)[O-]. The number of hydrogen-bond donors (Lipinski definition) is 2. The predicted molar refractivity (Wildman–Crippen MR) is 99.7 cm³/mol. The van der Waals surface area contributed by atoms with Gasteiger partial charge in [-0.2, -0.15) is 0 Å². The van der Waals surface area contributed by atoms with Crippen LogP contribution in [0.5, 0.6) is 0 Å². The zero-order valence-electron chi connectivity index (χ0n) is 15.7. The van der Waals surface area contributed by atoms with Gasteiger partial charge in [0.05, 0.1) is 4.92 Å². The van der Waals surface area contributed by atoms with Crippen molar-refractivity contribution in [3.8, 4) is 0 Å². The minimum Gasteiger partial charge on any atom is -0.444 e. The van der Waals surface area contributed by atoms with Crippen LogP contribution in [0.15, 0.2) is 12.3 Å². The summed E-state index contributed by atoms with van der Waals surface area (Å²) in [5.41, 5.74) is -0.111. The Morgan fingerprint density at radius 1 is 1.42 bits per heavy atom. The number of ether oxygens (including phenoxy) is 1. The number of carbonyl (C=O) groups excluding carboxylic acids is 1. The number of nitrogens with one attached hydrogen (secondary N) is 2. The second kappa shape index (κ2) is 8.20. The second-order valence-corrected chi connectivity index (χ2v) is 7.32. The van der Waals surface area contributed by atoms with Crippen molar-refractivity contribution < 1.29 is 14.5 Å². The van der Waals surface area contributed by atoms with Crippen LogP contribution in [0.25, 0.3) is 0 Å². The molecule has 0 radical (unpaired) electrons. The zero-order chi connectivity index (χ0) is 19.3. The van der Waals surface area contributed by atoms with Crippen LogP contribution in [-0.2, 0) is 4.74 Å². The molecule has 1 aliphatic rings. The van der Waals surface area contributed by atoms with Crippen LogP contribution in [0.3, 0.4) is 0 Å². The standard InChI is InChI=1S/C17H27N5O4/c1-17(2,3)26-16(23)20-12-7-5-6-10-21(11-12)13-8-9-19-15(18-4)14(13)22(24)25/h8-9,12H,5-7,10-11H2,1-4H3,(H,18,19)(H,20,23). The van der Waals surface area contributed by atoms with Crippen LogP contribution < -0.4 is 15.5 Å². The Hall–Kier alpha value is -2.58. The van der Waals surface area contributed by atoms with Crippen LogP contribution in [-0.4, -0.2) is 47.8 Å². The third-order valence-electron chi connectivity index (χ3n) is 4.06. The van der Waals surface area contributed by atoms with Gasteiger partial charge in [0.15, 0.2) is 0 Å². The van der Waals surface area contributed by atoms with Crippen molar-refractivity contribution in [1.82, 2.24) is 10.3 Å². The number of nitrogens with zero attached hydrogens (tertiary/aromatic N) is 3. The van der Waals surface area contributed by atoms with E-state index in [4.69, 9.17) is 4.74 Å². The van der Waals surface area contributed by atoms with Gasteiger partial charge in [-0.15, -0.1) is 0 Å². The van der Waals surface area contributed by atoms with Crippen LogP contribution in [0.1, 0.15) is 40.0 Å². The first kappa shape index (κ1) is 19.7. The molecule has 1 atom stereocenters. The number of nitro groups is 1. The summed E-state index contributed by atoms with van der Waals surface area (Å²) in [6, 6.07) is 1.51. The van der Waals surface area contributed by atoms with E-state index in [9.17, 15) is 14.9 Å². The Bertz CT molecular complexity index is 659. The third kappa shape index (κ3) is 5.21. The summed E-state index contributed by atoms with van der Waals surface area (Å²) < 4.78 is 5.32. The molecular weight excluding hydrogens is 338 g/mol. The molecule has 0 aromatic carbocycles. The van der Waals surface area contributed by atoms with Gasteiger partial charge in [0, 0.05) is 32.4 Å². The maximum Gasteiger partial charge on any atom is 0.407 e. The van der Waals surface area contributed by atoms with Gasteiger partial charge in [0.1, 0.15) is 11.3 Å². The van der Waals surface area contributed by atoms with Gasteiger partial charge in [-0.3, -0.25) is 10.1 Å². The Morgan fingerprint density at radius 3 is 2.77 bits per heavy atom. The summed E-state index contributed by atoms with van der Waals surface area (Å²) in [6.07, 6.45) is 3.70. The first-order valence-corrected chi connectivity index (χ1v) is 8.77. The monoisotopic (exact) mass is 365 g/mol. The highest BCUT2D eigenvalue weighted by molar-refractivity contribution is 5.74. The van der Waals surface area contributed by atoms with Crippen molar-refractivity contribution in [1.29, 1.82) is 0 Å². The molecule has 0 spiro atoms. The van der Waals surface area contributed by atoms with Crippen LogP contribution in [0.4, 0.5) is 22.0 Å². The highest BCUT2D eigenvalue weighted by Crippen LogP contribution is 2.34. The van der Waals surface area contributed by atoms with E-state index in [-0.39, 0.29) is 17.5 Å². The van der Waals surface area contributed by atoms with Crippen molar-refractivity contribution in [2.45, 2.75) is 51.7 Å². The molecule has 1 aromatic heterocycles. The Kier molecular flexibility index (Phi) is 6.23. The Labute approximate surface area is 153 Å². The van der Waals surface area contributed by atoms with E-state index >= 15 is 0 Å². The molecule has 9 nitrogen and oxygen atoms in total. The number of aromatic nitrogens is 1. The average Bonchev–Trinajstić information content (AvgIpc) is 2.77. The number of anilines is 2. The van der Waals surface area contributed by atoms with Gasteiger partial charge >= 0.3 is 11.8 Å². The molecule has 1 fully saturated rings. The molecule has 1 saturated heterocycles. The lowest BCUT2D eigenvalue weighted by Gasteiger charge is -2.28. The van der Waals surface area contributed by atoms with Gasteiger partial charge in [0.25, 0.3) is 0 Å². The van der Waals surface area contributed by atoms with Gasteiger partial charge in [-0.25, -0.2) is 9.78 Å².